The normalized spacial score (nSPS) is 16.1. The van der Waals surface area contributed by atoms with Crippen molar-refractivity contribution in [3.05, 3.63) is 257 Å². The zero-order chi connectivity index (χ0) is 49.0. The van der Waals surface area contributed by atoms with E-state index in [1.807, 2.05) is 56.3 Å². The van der Waals surface area contributed by atoms with E-state index < -0.39 is 0 Å². The predicted molar refractivity (Wildman–Crippen MR) is 302 cm³/mol. The van der Waals surface area contributed by atoms with E-state index in [-0.39, 0.29) is 0 Å². The van der Waals surface area contributed by atoms with Gasteiger partial charge in [0.15, 0.2) is 0 Å². The number of para-hydroxylation sites is 2. The molecule has 354 valence electrons. The Hall–Kier alpha value is -6.97. The van der Waals surface area contributed by atoms with Crippen molar-refractivity contribution >= 4 is 34.4 Å². The van der Waals surface area contributed by atoms with Gasteiger partial charge in [-0.3, -0.25) is 4.99 Å². The van der Waals surface area contributed by atoms with Crippen molar-refractivity contribution in [2.45, 2.75) is 113 Å². The lowest BCUT2D eigenvalue weighted by Crippen LogP contribution is -2.43. The summed E-state index contributed by atoms with van der Waals surface area (Å²) in [7, 11) is 0. The smallest absolute Gasteiger partial charge is 0.0643 e. The molecule has 3 nitrogen and oxygen atoms in total. The van der Waals surface area contributed by atoms with Gasteiger partial charge in [-0.25, -0.2) is 0 Å². The molecule has 2 atom stereocenters. The van der Waals surface area contributed by atoms with E-state index in [4.69, 9.17) is 4.99 Å². The molecule has 3 heteroatoms. The van der Waals surface area contributed by atoms with Crippen molar-refractivity contribution in [1.82, 2.24) is 4.90 Å². The fraction of sp³-hybridized carbons (Fsp3) is 0.258. The Labute approximate surface area is 416 Å². The first-order valence-electron chi connectivity index (χ1n) is 25.2. The summed E-state index contributed by atoms with van der Waals surface area (Å²) < 4.78 is 0. The molecule has 0 fully saturated rings. The van der Waals surface area contributed by atoms with Gasteiger partial charge in [-0.05, 0) is 179 Å². The molecule has 9 rings (SSSR count). The van der Waals surface area contributed by atoms with Gasteiger partial charge >= 0.3 is 0 Å². The number of anilines is 3. The molecule has 3 aliphatic carbocycles. The fourth-order valence-corrected chi connectivity index (χ4v) is 9.35. The number of aliphatic imine (C=N–C) groups is 1. The van der Waals surface area contributed by atoms with Gasteiger partial charge in [0.1, 0.15) is 0 Å². The van der Waals surface area contributed by atoms with Crippen LogP contribution in [0.4, 0.5) is 17.1 Å². The number of aryl methyl sites for hydroxylation is 4. The van der Waals surface area contributed by atoms with Crippen molar-refractivity contribution in [1.29, 1.82) is 0 Å². The van der Waals surface area contributed by atoms with Gasteiger partial charge in [-0.15, -0.1) is 0 Å². The van der Waals surface area contributed by atoms with Gasteiger partial charge in [-0.1, -0.05) is 178 Å². The maximum Gasteiger partial charge on any atom is 0.0643 e. The van der Waals surface area contributed by atoms with E-state index in [1.165, 1.54) is 84.8 Å². The molecule has 0 bridgehead atoms. The molecule has 0 amide bonds. The summed E-state index contributed by atoms with van der Waals surface area (Å²) in [6.07, 6.45) is 24.9. The largest absolute Gasteiger partial charge is 0.362 e. The highest BCUT2D eigenvalue weighted by molar-refractivity contribution is 6.00. The third kappa shape index (κ3) is 14.3. The van der Waals surface area contributed by atoms with Crippen molar-refractivity contribution < 1.29 is 0 Å². The van der Waals surface area contributed by atoms with Crippen molar-refractivity contribution in [2.24, 2.45) is 4.99 Å². The summed E-state index contributed by atoms with van der Waals surface area (Å²) in [6.45, 7) is 21.6. The predicted octanol–water partition coefficient (Wildman–Crippen LogP) is 18.2. The van der Waals surface area contributed by atoms with Crippen LogP contribution in [0, 0.1) is 27.7 Å². The van der Waals surface area contributed by atoms with Crippen molar-refractivity contribution in [3.63, 3.8) is 0 Å². The Kier molecular flexibility index (Phi) is 19.8. The van der Waals surface area contributed by atoms with Gasteiger partial charge in [0.25, 0.3) is 0 Å². The SMILES string of the molecule is C=Cc1ccccc1.CC.CC(=NCc1ccccc1)c1cc(C)c(C)cc1C.CC1=C(c2cc(N(c3ccccc3)c3ccccc3)ccc2C)CC(N(C2=CCCC=C2)C2C=CC=CC2)CC1. The number of rotatable bonds is 11. The molecule has 69 heavy (non-hydrogen) atoms. The second kappa shape index (κ2) is 26.5. The first-order valence-corrected chi connectivity index (χ1v) is 25.2. The summed E-state index contributed by atoms with van der Waals surface area (Å²) in [5.74, 6) is 0. The quantitative estimate of drug-likeness (QED) is 0.121. The molecule has 3 aliphatic rings. The molecule has 0 heterocycles. The average molecular weight is 910 g/mol. The molecular weight excluding hydrogens is 835 g/mol. The molecule has 0 saturated carbocycles. The van der Waals surface area contributed by atoms with Crippen LogP contribution in [-0.2, 0) is 6.54 Å². The minimum Gasteiger partial charge on any atom is -0.362 e. The van der Waals surface area contributed by atoms with Crippen LogP contribution in [0.3, 0.4) is 0 Å². The van der Waals surface area contributed by atoms with Gasteiger partial charge in [0.2, 0.25) is 0 Å². The molecule has 6 aromatic carbocycles. The minimum absolute atomic E-state index is 0.419. The molecule has 0 aromatic heterocycles. The number of benzene rings is 6. The van der Waals surface area contributed by atoms with Crippen molar-refractivity contribution in [2.75, 3.05) is 4.90 Å². The van der Waals surface area contributed by atoms with Crippen LogP contribution >= 0.6 is 0 Å². The summed E-state index contributed by atoms with van der Waals surface area (Å²) >= 11 is 0. The maximum absolute atomic E-state index is 4.71. The highest BCUT2D eigenvalue weighted by Gasteiger charge is 2.31. The molecular formula is C66H75N3. The Bertz CT molecular complexity index is 2700. The van der Waals surface area contributed by atoms with Crippen LogP contribution in [0.5, 0.6) is 0 Å². The van der Waals surface area contributed by atoms with Gasteiger partial charge in [-0.2, -0.15) is 0 Å². The highest BCUT2D eigenvalue weighted by Crippen LogP contribution is 2.42. The zero-order valence-corrected chi connectivity index (χ0v) is 42.7. The molecule has 0 spiro atoms. The summed E-state index contributed by atoms with van der Waals surface area (Å²) in [4.78, 5) is 9.83. The third-order valence-corrected chi connectivity index (χ3v) is 13.2. The summed E-state index contributed by atoms with van der Waals surface area (Å²) in [5.41, 5.74) is 19.5. The lowest BCUT2D eigenvalue weighted by atomic mass is 9.82. The Morgan fingerprint density at radius 1 is 0.652 bits per heavy atom. The van der Waals surface area contributed by atoms with Crippen LogP contribution in [0.1, 0.15) is 111 Å². The van der Waals surface area contributed by atoms with Gasteiger partial charge < -0.3 is 9.80 Å². The van der Waals surface area contributed by atoms with E-state index in [0.717, 1.165) is 44.4 Å². The van der Waals surface area contributed by atoms with E-state index in [0.29, 0.717) is 12.1 Å². The fourth-order valence-electron chi connectivity index (χ4n) is 9.35. The van der Waals surface area contributed by atoms with Gasteiger partial charge in [0, 0.05) is 34.5 Å². The Balaban J connectivity index is 0.000000222. The molecule has 0 N–H and O–H groups in total. The Morgan fingerprint density at radius 2 is 1.28 bits per heavy atom. The number of nitrogens with zero attached hydrogens (tertiary/aromatic N) is 3. The zero-order valence-electron chi connectivity index (χ0n) is 42.7. The summed E-state index contributed by atoms with van der Waals surface area (Å²) in [5, 5.41) is 0. The van der Waals surface area contributed by atoms with Crippen LogP contribution in [0.25, 0.3) is 11.6 Å². The van der Waals surface area contributed by atoms with E-state index in [9.17, 15) is 0 Å². The van der Waals surface area contributed by atoms with Crippen LogP contribution in [0.2, 0.25) is 0 Å². The summed E-state index contributed by atoms with van der Waals surface area (Å²) in [6, 6.07) is 54.3. The first kappa shape index (κ1) is 51.4. The number of hydrogen-bond acceptors (Lipinski definition) is 3. The van der Waals surface area contributed by atoms with Crippen LogP contribution in [0.15, 0.2) is 217 Å². The lowest BCUT2D eigenvalue weighted by Gasteiger charge is -2.43. The van der Waals surface area contributed by atoms with E-state index >= 15 is 0 Å². The number of hydrogen-bond donors (Lipinski definition) is 0. The maximum atomic E-state index is 4.71. The number of allylic oxidation sites excluding steroid dienone is 6. The van der Waals surface area contributed by atoms with E-state index in [1.54, 1.807) is 0 Å². The molecule has 6 aromatic rings. The molecule has 0 aliphatic heterocycles. The van der Waals surface area contributed by atoms with Crippen LogP contribution < -0.4 is 4.90 Å². The monoisotopic (exact) mass is 910 g/mol. The van der Waals surface area contributed by atoms with Crippen molar-refractivity contribution in [3.8, 4) is 0 Å². The average Bonchev–Trinajstić information content (AvgIpc) is 3.40. The minimum atomic E-state index is 0.419. The van der Waals surface area contributed by atoms with Crippen LogP contribution in [-0.4, -0.2) is 22.7 Å². The molecule has 2 unspecified atom stereocenters. The topological polar surface area (TPSA) is 18.8 Å². The second-order valence-electron chi connectivity index (χ2n) is 18.0. The first-order chi connectivity index (χ1) is 33.7. The molecule has 0 radical (unpaired) electrons. The van der Waals surface area contributed by atoms with Gasteiger partial charge in [0.05, 0.1) is 12.6 Å². The molecule has 0 saturated heterocycles. The van der Waals surface area contributed by atoms with E-state index in [2.05, 4.69) is 216 Å². The Morgan fingerprint density at radius 3 is 1.86 bits per heavy atom. The second-order valence-corrected chi connectivity index (χ2v) is 18.0. The standard InChI is InChI=1S/C38H40N2.C18H21N.C8H8.C2H6/c1-29-23-25-35(39(31-15-7-3-8-16-31)32-17-9-4-10-18-32)27-37(29)38-28-36(26-24-30(38)2)40(33-19-11-5-12-20-33)34-21-13-6-14-22-34;1-13-10-15(3)18(11-14(13)2)16(4)19-12-17-8-6-5-7-9-17;1-2-8-6-4-3-5-7-8;1-2/h3-5,7-13,15-19,21-23,25,27,33,36H,6,14,20,24,26,28H2,1-2H3;5-11H,12H2,1-4H3;2-7H,1H2;1-2H3. The third-order valence-electron chi connectivity index (χ3n) is 13.2. The highest BCUT2D eigenvalue weighted by atomic mass is 15.2. The lowest BCUT2D eigenvalue weighted by molar-refractivity contribution is 0.205.